The zero-order chi connectivity index (χ0) is 58.7. The Labute approximate surface area is 512 Å². The lowest BCUT2D eigenvalue weighted by atomic mass is 10.0. The Morgan fingerprint density at radius 2 is 0.588 bits per heavy atom. The summed E-state index contributed by atoms with van der Waals surface area (Å²) in [5.74, 6) is 3.11. The summed E-state index contributed by atoms with van der Waals surface area (Å²) in [5, 5.41) is 61.8. The highest BCUT2D eigenvalue weighted by molar-refractivity contribution is 7.81. The third kappa shape index (κ3) is 29.2. The third-order valence-electron chi connectivity index (χ3n) is 11.5. The Hall–Kier alpha value is -5.65. The van der Waals surface area contributed by atoms with Crippen molar-refractivity contribution < 1.29 is 35.7 Å². The number of aryl methyl sites for hydroxylation is 4. The molecule has 0 saturated carbocycles. The van der Waals surface area contributed by atoms with Crippen LogP contribution in [0.15, 0.2) is 231 Å². The lowest BCUT2D eigenvalue weighted by molar-refractivity contribution is 0.281. The molecule has 9 rings (SSSR count). The van der Waals surface area contributed by atoms with Crippen LogP contribution in [0.25, 0.3) is 22.3 Å². The molecule has 422 valence electrons. The van der Waals surface area contributed by atoms with Crippen LogP contribution >= 0.6 is 88.4 Å². The monoisotopic (exact) mass is 1200 g/mol. The molecular weight excluding hydrogens is 1130 g/mol. The van der Waals surface area contributed by atoms with Crippen LogP contribution in [0.4, 0.5) is 0 Å². The predicted octanol–water partition coefficient (Wildman–Crippen LogP) is 17.2. The molecule has 0 aliphatic rings. The first-order valence-corrected chi connectivity index (χ1v) is 29.1. The van der Waals surface area contributed by atoms with E-state index >= 15 is 0 Å². The van der Waals surface area contributed by atoms with Gasteiger partial charge in [-0.3, -0.25) is 0 Å². The van der Waals surface area contributed by atoms with E-state index in [4.69, 9.17) is 30.6 Å². The molecule has 0 heterocycles. The number of unbranched alkanes of at least 4 members (excludes halogenated alkanes) is 2. The molecule has 14 heteroatoms. The molecular formula is C66H74O7S7. The number of hydrogen-bond donors (Lipinski definition) is 14. The van der Waals surface area contributed by atoms with Crippen LogP contribution in [0, 0.1) is 13.8 Å². The fraction of sp³-hybridized carbons (Fsp3) is 0.182. The molecule has 0 fully saturated rings. The summed E-state index contributed by atoms with van der Waals surface area (Å²) >= 11 is 29.4. The average molecular weight is 1200 g/mol. The lowest BCUT2D eigenvalue weighted by Crippen LogP contribution is -1.87. The number of rotatable bonds is 12. The molecule has 0 bridgehead atoms. The number of aromatic hydroxyl groups is 5. The van der Waals surface area contributed by atoms with E-state index in [-0.39, 0.29) is 18.1 Å². The van der Waals surface area contributed by atoms with Crippen molar-refractivity contribution in [2.24, 2.45) is 0 Å². The smallest absolute Gasteiger partial charge is 0.115 e. The zero-order valence-electron chi connectivity index (χ0n) is 45.0. The van der Waals surface area contributed by atoms with Crippen LogP contribution in [0.2, 0.25) is 0 Å². The van der Waals surface area contributed by atoms with Crippen molar-refractivity contribution in [1.82, 2.24) is 0 Å². The van der Waals surface area contributed by atoms with Crippen LogP contribution in [-0.2, 0) is 25.2 Å². The molecule has 0 atom stereocenters. The van der Waals surface area contributed by atoms with Gasteiger partial charge in [0.2, 0.25) is 0 Å². The molecule has 0 radical (unpaired) electrons. The van der Waals surface area contributed by atoms with Crippen molar-refractivity contribution in [3.8, 4) is 51.0 Å². The largest absolute Gasteiger partial charge is 0.508 e. The molecule has 80 heavy (non-hydrogen) atoms. The molecule has 0 aliphatic heterocycles. The van der Waals surface area contributed by atoms with Crippen LogP contribution < -0.4 is 0 Å². The number of phenols is 5. The summed E-state index contributed by atoms with van der Waals surface area (Å²) in [4.78, 5) is 4.90. The standard InChI is InChI=1S/C14H14OS.C12H10OS.C10H14OS.C10H14S2.C7H8O2.C7H8OS.C6H6OS/c1-9-7-12(8-10(2)14(9)16)11-3-5-13(15)6-4-11;13-11-5-1-9(2-6-11)10-3-7-12(14)8-4-10;2*11-8-2-1-3-9-4-6-10(12)7-5-9;8-5-6-1-3-7(9)4-2-6;8-7-3-1-6(5-9)2-4-7;7-5-1-3-6(8)4-2-5/h3-8,15-16H,1-2H3;1-8,13-14H;2*4-7,11-12H,1-3,8H2;2*1-4,8-9H,5H2;1-4,7-8H. The summed E-state index contributed by atoms with van der Waals surface area (Å²) < 4.78 is 0. The van der Waals surface area contributed by atoms with Crippen molar-refractivity contribution in [3.05, 3.63) is 240 Å². The van der Waals surface area contributed by atoms with E-state index in [1.54, 1.807) is 84.9 Å². The Bertz CT molecular complexity index is 2870. The van der Waals surface area contributed by atoms with Gasteiger partial charge in [-0.25, -0.2) is 0 Å². The van der Waals surface area contributed by atoms with Crippen molar-refractivity contribution in [3.63, 3.8) is 0 Å². The molecule has 9 aromatic carbocycles. The van der Waals surface area contributed by atoms with Gasteiger partial charge >= 0.3 is 0 Å². The maximum Gasteiger partial charge on any atom is 0.115 e. The second kappa shape index (κ2) is 39.7. The highest BCUT2D eigenvalue weighted by Gasteiger charge is 2.04. The molecule has 0 aromatic heterocycles. The summed E-state index contributed by atoms with van der Waals surface area (Å²) in [6, 6.07) is 63.2. The lowest BCUT2D eigenvalue weighted by Gasteiger charge is -2.08. The minimum atomic E-state index is 0.0281. The van der Waals surface area contributed by atoms with Gasteiger partial charge in [-0.15, -0.1) is 63.1 Å². The van der Waals surface area contributed by atoms with E-state index < -0.39 is 0 Å². The van der Waals surface area contributed by atoms with Crippen LogP contribution in [-0.4, -0.2) is 48.1 Å². The summed E-state index contributed by atoms with van der Waals surface area (Å²) in [6.45, 7) is 4.43. The molecule has 0 amide bonds. The predicted molar refractivity (Wildman–Crippen MR) is 355 cm³/mol. The Morgan fingerprint density at radius 1 is 0.312 bits per heavy atom. The van der Waals surface area contributed by atoms with Gasteiger partial charge < -0.3 is 35.7 Å². The Balaban J connectivity index is 0.000000248. The van der Waals surface area contributed by atoms with Gasteiger partial charge in [0.15, 0.2) is 0 Å². The molecule has 0 aliphatic carbocycles. The highest BCUT2D eigenvalue weighted by atomic mass is 32.1. The topological polar surface area (TPSA) is 142 Å². The number of benzene rings is 9. The van der Waals surface area contributed by atoms with E-state index in [1.165, 1.54) is 35.1 Å². The Kier molecular flexibility index (Phi) is 34.0. The SMILES string of the molecule is Cc1cc(-c2ccc(O)cc2)cc(C)c1S.OCCCCc1ccc(S)cc1.OCc1ccc(O)cc1.Oc1ccc(-c2ccc(S)cc2)cc1.Oc1ccc(CS)cc1.Oc1ccc(S)cc1.SCCCCc1ccc(S)cc1. The maximum atomic E-state index is 9.24. The van der Waals surface area contributed by atoms with Gasteiger partial charge in [0.1, 0.15) is 28.7 Å². The van der Waals surface area contributed by atoms with Crippen molar-refractivity contribution >= 4 is 88.4 Å². The number of aliphatic hydroxyl groups excluding tert-OH is 2. The summed E-state index contributed by atoms with van der Waals surface area (Å²) in [7, 11) is 0. The van der Waals surface area contributed by atoms with Crippen LogP contribution in [0.3, 0.4) is 0 Å². The van der Waals surface area contributed by atoms with E-state index in [9.17, 15) is 5.11 Å². The molecule has 0 saturated heterocycles. The van der Waals surface area contributed by atoms with E-state index in [0.717, 1.165) is 95.0 Å². The second-order valence-corrected chi connectivity index (χ2v) is 21.2. The first-order valence-electron chi connectivity index (χ1n) is 25.6. The number of hydrogen-bond acceptors (Lipinski definition) is 14. The van der Waals surface area contributed by atoms with Gasteiger partial charge in [-0.05, 0) is 223 Å². The van der Waals surface area contributed by atoms with Crippen molar-refractivity contribution in [2.75, 3.05) is 12.4 Å². The maximum absolute atomic E-state index is 9.24. The second-order valence-electron chi connectivity index (χ2n) is 18.0. The summed E-state index contributed by atoms with van der Waals surface area (Å²) in [5.41, 5.74) is 11.5. The fourth-order valence-electron chi connectivity index (χ4n) is 6.95. The van der Waals surface area contributed by atoms with Gasteiger partial charge in [0, 0.05) is 36.8 Å². The van der Waals surface area contributed by atoms with Crippen LogP contribution in [0.1, 0.15) is 59.1 Å². The first kappa shape index (κ1) is 68.6. The van der Waals surface area contributed by atoms with E-state index in [1.807, 2.05) is 84.9 Å². The number of aliphatic hydroxyl groups is 2. The van der Waals surface area contributed by atoms with Gasteiger partial charge in [-0.1, -0.05) is 97.1 Å². The molecule has 7 N–H and O–H groups in total. The van der Waals surface area contributed by atoms with Crippen LogP contribution in [0.5, 0.6) is 28.7 Å². The molecule has 7 nitrogen and oxygen atoms in total. The zero-order valence-corrected chi connectivity index (χ0v) is 51.2. The molecule has 0 spiro atoms. The van der Waals surface area contributed by atoms with E-state index in [2.05, 4.69) is 139 Å². The number of phenolic OH excluding ortho intramolecular Hbond substituents is 5. The molecule has 0 unspecified atom stereocenters. The normalized spacial score (nSPS) is 9.94. The first-order chi connectivity index (χ1) is 38.4. The number of thiol groups is 7. The fourth-order valence-corrected chi connectivity index (χ4v) is 8.11. The van der Waals surface area contributed by atoms with Gasteiger partial charge in [0.05, 0.1) is 6.61 Å². The minimum Gasteiger partial charge on any atom is -0.508 e. The van der Waals surface area contributed by atoms with Gasteiger partial charge in [-0.2, -0.15) is 25.3 Å². The Morgan fingerprint density at radius 3 is 0.912 bits per heavy atom. The quantitative estimate of drug-likeness (QED) is 0.0432. The van der Waals surface area contributed by atoms with Crippen molar-refractivity contribution in [2.45, 2.75) is 89.2 Å². The summed E-state index contributed by atoms with van der Waals surface area (Å²) in [6.07, 6.45) is 6.59. The highest BCUT2D eigenvalue weighted by Crippen LogP contribution is 2.28. The minimum absolute atomic E-state index is 0.0281. The molecule has 9 aromatic rings. The van der Waals surface area contributed by atoms with Gasteiger partial charge in [0.25, 0.3) is 0 Å². The van der Waals surface area contributed by atoms with Crippen molar-refractivity contribution in [1.29, 1.82) is 0 Å². The third-order valence-corrected chi connectivity index (χ3v) is 14.0. The average Bonchev–Trinajstić information content (AvgIpc) is 3.46. The van der Waals surface area contributed by atoms with E-state index in [0.29, 0.717) is 23.9 Å².